The van der Waals surface area contributed by atoms with E-state index in [2.05, 4.69) is 10.3 Å². The van der Waals surface area contributed by atoms with Gasteiger partial charge in [-0.3, -0.25) is 9.36 Å². The van der Waals surface area contributed by atoms with Crippen LogP contribution in [0.25, 0.3) is 10.2 Å². The molecule has 0 atom stereocenters. The molecule has 2 aliphatic rings. The van der Waals surface area contributed by atoms with Crippen LogP contribution in [0.4, 0.5) is 4.79 Å². The Morgan fingerprint density at radius 2 is 2.04 bits per heavy atom. The van der Waals surface area contributed by atoms with Crippen LogP contribution >= 0.6 is 11.3 Å². The van der Waals surface area contributed by atoms with Gasteiger partial charge in [-0.25, -0.2) is 9.78 Å². The molecule has 6 nitrogen and oxygen atoms in total. The Hall–Kier alpha value is -1.89. The minimum absolute atomic E-state index is 0.0433. The fourth-order valence-electron chi connectivity index (χ4n) is 4.37. The average molecular weight is 403 g/mol. The molecule has 2 amide bonds. The largest absolute Gasteiger partial charge is 0.333 e. The Bertz CT molecular complexity index is 934. The Labute approximate surface area is 169 Å². The normalized spacial score (nSPS) is 18.3. The van der Waals surface area contributed by atoms with Gasteiger partial charge in [-0.2, -0.15) is 0 Å². The van der Waals surface area contributed by atoms with Crippen molar-refractivity contribution in [3.05, 3.63) is 27.1 Å². The number of hydrogen-bond acceptors (Lipinski definition) is 4. The molecule has 1 aliphatic carbocycles. The third-order valence-corrected chi connectivity index (χ3v) is 6.90. The molecule has 4 rings (SSSR count). The summed E-state index contributed by atoms with van der Waals surface area (Å²) in [6.45, 7) is 7.93. The topological polar surface area (TPSA) is 67.2 Å². The van der Waals surface area contributed by atoms with Gasteiger partial charge in [-0.05, 0) is 51.5 Å². The molecule has 1 fully saturated rings. The molecule has 2 aromatic rings. The SMILES string of the molecule is CC(C)(C)NC(=O)N1CCc2c(sc3ncn(CC4CCCCC4)c(=O)c23)C1. The molecule has 0 bridgehead atoms. The van der Waals surface area contributed by atoms with Gasteiger partial charge in [0.2, 0.25) is 0 Å². The fraction of sp³-hybridized carbons (Fsp3) is 0.667. The summed E-state index contributed by atoms with van der Waals surface area (Å²) in [6, 6.07) is -0.0433. The predicted molar refractivity (Wildman–Crippen MR) is 113 cm³/mol. The highest BCUT2D eigenvalue weighted by atomic mass is 32.1. The second kappa shape index (κ2) is 7.50. The lowest BCUT2D eigenvalue weighted by Crippen LogP contribution is -2.49. The van der Waals surface area contributed by atoms with Gasteiger partial charge in [0.15, 0.2) is 0 Å². The lowest BCUT2D eigenvalue weighted by molar-refractivity contribution is 0.184. The zero-order chi connectivity index (χ0) is 19.9. The van der Waals surface area contributed by atoms with E-state index in [4.69, 9.17) is 0 Å². The maximum atomic E-state index is 13.2. The van der Waals surface area contributed by atoms with Gasteiger partial charge in [-0.1, -0.05) is 19.3 Å². The first kappa shape index (κ1) is 19.4. The van der Waals surface area contributed by atoms with Crippen LogP contribution in [0.15, 0.2) is 11.1 Å². The molecule has 0 radical (unpaired) electrons. The van der Waals surface area contributed by atoms with Gasteiger partial charge in [-0.15, -0.1) is 11.3 Å². The summed E-state index contributed by atoms with van der Waals surface area (Å²) in [4.78, 5) is 34.1. The summed E-state index contributed by atoms with van der Waals surface area (Å²) in [6.07, 6.45) is 8.74. The Kier molecular flexibility index (Phi) is 5.21. The predicted octanol–water partition coefficient (Wildman–Crippen LogP) is 3.90. The molecule has 3 heterocycles. The Morgan fingerprint density at radius 1 is 1.29 bits per heavy atom. The van der Waals surface area contributed by atoms with E-state index in [0.29, 0.717) is 19.0 Å². The number of rotatable bonds is 2. The molecule has 0 spiro atoms. The Balaban J connectivity index is 1.58. The average Bonchev–Trinajstić information content (AvgIpc) is 3.02. The lowest BCUT2D eigenvalue weighted by atomic mass is 9.89. The van der Waals surface area contributed by atoms with Crippen LogP contribution in [0.1, 0.15) is 63.3 Å². The summed E-state index contributed by atoms with van der Waals surface area (Å²) in [5.41, 5.74) is 0.947. The van der Waals surface area contributed by atoms with Gasteiger partial charge in [0.25, 0.3) is 5.56 Å². The smallest absolute Gasteiger partial charge is 0.318 e. The zero-order valence-electron chi connectivity index (χ0n) is 17.1. The van der Waals surface area contributed by atoms with Crippen LogP contribution in [0, 0.1) is 5.92 Å². The van der Waals surface area contributed by atoms with Crippen molar-refractivity contribution in [2.45, 2.75) is 77.9 Å². The van der Waals surface area contributed by atoms with E-state index in [1.807, 2.05) is 30.2 Å². The first-order valence-corrected chi connectivity index (χ1v) is 11.2. The van der Waals surface area contributed by atoms with Crippen LogP contribution in [0.5, 0.6) is 0 Å². The minimum atomic E-state index is -0.258. The standard InChI is InChI=1S/C21H30N4O2S/c1-21(2,3)23-20(27)24-10-9-15-16(12-24)28-18-17(15)19(26)25(13-22-18)11-14-7-5-4-6-8-14/h13-14H,4-12H2,1-3H3,(H,23,27). The summed E-state index contributed by atoms with van der Waals surface area (Å²) in [5, 5.41) is 3.82. The number of nitrogens with zero attached hydrogens (tertiary/aromatic N) is 3. The van der Waals surface area contributed by atoms with Crippen LogP contribution < -0.4 is 10.9 Å². The van der Waals surface area contributed by atoms with Crippen molar-refractivity contribution in [1.82, 2.24) is 19.8 Å². The van der Waals surface area contributed by atoms with Gasteiger partial charge < -0.3 is 10.2 Å². The Morgan fingerprint density at radius 3 is 2.75 bits per heavy atom. The highest BCUT2D eigenvalue weighted by molar-refractivity contribution is 7.18. The summed E-state index contributed by atoms with van der Waals surface area (Å²) >= 11 is 1.56. The molecule has 0 aromatic carbocycles. The van der Waals surface area contributed by atoms with E-state index >= 15 is 0 Å². The van der Waals surface area contributed by atoms with E-state index in [0.717, 1.165) is 33.6 Å². The lowest BCUT2D eigenvalue weighted by Gasteiger charge is -2.31. The summed E-state index contributed by atoms with van der Waals surface area (Å²) in [5.74, 6) is 0.594. The quantitative estimate of drug-likeness (QED) is 0.828. The van der Waals surface area contributed by atoms with Crippen LogP contribution in [0.3, 0.4) is 0 Å². The number of aromatic nitrogens is 2. The van der Waals surface area contributed by atoms with E-state index < -0.39 is 0 Å². The molecule has 28 heavy (non-hydrogen) atoms. The molecule has 7 heteroatoms. The van der Waals surface area contributed by atoms with Crippen molar-refractivity contribution in [2.75, 3.05) is 6.54 Å². The maximum absolute atomic E-state index is 13.2. The van der Waals surface area contributed by atoms with Crippen molar-refractivity contribution >= 4 is 27.6 Å². The van der Waals surface area contributed by atoms with Crippen LogP contribution in [0.2, 0.25) is 0 Å². The summed E-state index contributed by atoms with van der Waals surface area (Å²) in [7, 11) is 0. The number of carbonyl (C=O) groups is 1. The van der Waals surface area contributed by atoms with Crippen LogP contribution in [-0.2, 0) is 19.5 Å². The van der Waals surface area contributed by atoms with Crippen LogP contribution in [-0.4, -0.2) is 32.6 Å². The number of amides is 2. The van der Waals surface area contributed by atoms with Gasteiger partial charge >= 0.3 is 6.03 Å². The zero-order valence-corrected chi connectivity index (χ0v) is 17.9. The third kappa shape index (κ3) is 3.95. The highest BCUT2D eigenvalue weighted by Crippen LogP contribution is 2.32. The fourth-order valence-corrected chi connectivity index (χ4v) is 5.56. The molecule has 1 aliphatic heterocycles. The van der Waals surface area contributed by atoms with Gasteiger partial charge in [0.05, 0.1) is 18.3 Å². The molecule has 152 valence electrons. The van der Waals surface area contributed by atoms with E-state index in [1.165, 1.54) is 32.1 Å². The van der Waals surface area contributed by atoms with Crippen molar-refractivity contribution in [1.29, 1.82) is 0 Å². The second-order valence-corrected chi connectivity index (χ2v) is 10.3. The number of thiophene rings is 1. The molecular weight excluding hydrogens is 372 g/mol. The first-order chi connectivity index (χ1) is 13.3. The molecular formula is C21H30N4O2S. The molecule has 1 N–H and O–H groups in total. The van der Waals surface area contributed by atoms with Gasteiger partial charge in [0, 0.05) is 23.5 Å². The third-order valence-electron chi connectivity index (χ3n) is 5.78. The minimum Gasteiger partial charge on any atom is -0.333 e. The molecule has 2 aromatic heterocycles. The number of nitrogens with one attached hydrogen (secondary N) is 1. The number of urea groups is 1. The van der Waals surface area contributed by atoms with Crippen molar-refractivity contribution < 1.29 is 4.79 Å². The van der Waals surface area contributed by atoms with E-state index in [9.17, 15) is 9.59 Å². The second-order valence-electron chi connectivity index (χ2n) is 9.24. The van der Waals surface area contributed by atoms with Gasteiger partial charge in [0.1, 0.15) is 4.83 Å². The van der Waals surface area contributed by atoms with E-state index in [1.54, 1.807) is 17.7 Å². The molecule has 0 unspecified atom stereocenters. The first-order valence-electron chi connectivity index (χ1n) is 10.4. The number of fused-ring (bicyclic) bond motifs is 3. The molecule has 1 saturated carbocycles. The van der Waals surface area contributed by atoms with Crippen molar-refractivity contribution in [3.8, 4) is 0 Å². The van der Waals surface area contributed by atoms with Crippen molar-refractivity contribution in [2.24, 2.45) is 5.92 Å². The van der Waals surface area contributed by atoms with E-state index in [-0.39, 0.29) is 17.1 Å². The monoisotopic (exact) mass is 402 g/mol. The highest BCUT2D eigenvalue weighted by Gasteiger charge is 2.28. The van der Waals surface area contributed by atoms with Crippen molar-refractivity contribution in [3.63, 3.8) is 0 Å². The number of carbonyl (C=O) groups excluding carboxylic acids is 1. The number of hydrogen-bond donors (Lipinski definition) is 1. The summed E-state index contributed by atoms with van der Waals surface area (Å²) < 4.78 is 1.82. The maximum Gasteiger partial charge on any atom is 0.318 e. The molecule has 0 saturated heterocycles.